The molecule has 1 aromatic heterocycles. The zero-order chi connectivity index (χ0) is 10.7. The minimum absolute atomic E-state index is 0.774. The van der Waals surface area contributed by atoms with E-state index in [0.717, 1.165) is 19.8 Å². The number of hydrogen-bond acceptors (Lipinski definition) is 3. The van der Waals surface area contributed by atoms with Crippen molar-refractivity contribution in [3.8, 4) is 0 Å². The van der Waals surface area contributed by atoms with E-state index in [-0.39, 0.29) is 0 Å². The van der Waals surface area contributed by atoms with Crippen molar-refractivity contribution in [1.29, 1.82) is 0 Å². The molecule has 0 saturated carbocycles. The van der Waals surface area contributed by atoms with Gasteiger partial charge >= 0.3 is 0 Å². The van der Waals surface area contributed by atoms with Crippen LogP contribution < -0.4 is 0 Å². The van der Waals surface area contributed by atoms with E-state index in [1.807, 2.05) is 36.4 Å². The highest BCUT2D eigenvalue weighted by molar-refractivity contribution is 7.80. The molecule has 0 saturated heterocycles. The van der Waals surface area contributed by atoms with Crippen LogP contribution in [0.1, 0.15) is 4.88 Å². The highest BCUT2D eigenvalue weighted by Gasteiger charge is 1.95. The third-order valence-electron chi connectivity index (χ3n) is 1.81. The van der Waals surface area contributed by atoms with Crippen molar-refractivity contribution >= 4 is 47.5 Å². The second kappa shape index (κ2) is 4.84. The topological polar surface area (TPSA) is 12.4 Å². The van der Waals surface area contributed by atoms with Crippen molar-refractivity contribution in [3.63, 3.8) is 0 Å². The Hall–Kier alpha value is -0.770. The number of thiol groups is 1. The Morgan fingerprint density at radius 2 is 2.00 bits per heavy atom. The molecule has 0 unspecified atom stereocenters. The van der Waals surface area contributed by atoms with Gasteiger partial charge < -0.3 is 0 Å². The van der Waals surface area contributed by atoms with Crippen LogP contribution >= 0.6 is 35.6 Å². The number of thiophene rings is 1. The molecule has 0 atom stereocenters. The summed E-state index contributed by atoms with van der Waals surface area (Å²) in [6.07, 6.45) is 1.80. The van der Waals surface area contributed by atoms with Crippen molar-refractivity contribution in [3.05, 3.63) is 45.6 Å². The maximum atomic E-state index is 5.82. The van der Waals surface area contributed by atoms with Crippen molar-refractivity contribution in [1.82, 2.24) is 0 Å². The maximum Gasteiger partial charge on any atom is 0.0935 e. The largest absolute Gasteiger partial charge is 0.254 e. The first-order valence-electron chi connectivity index (χ1n) is 4.33. The Bertz CT molecular complexity index is 491. The first-order chi connectivity index (χ1) is 7.25. The summed E-state index contributed by atoms with van der Waals surface area (Å²) >= 11 is 11.6. The second-order valence-electron chi connectivity index (χ2n) is 2.89. The van der Waals surface area contributed by atoms with Gasteiger partial charge in [-0.15, -0.1) is 24.0 Å². The molecule has 0 radical (unpaired) electrons. The van der Waals surface area contributed by atoms with Crippen LogP contribution in [0, 0.1) is 0 Å². The van der Waals surface area contributed by atoms with E-state index in [2.05, 4.69) is 17.6 Å². The number of halogens is 1. The summed E-state index contributed by atoms with van der Waals surface area (Å²) in [5.74, 6) is 0. The number of benzene rings is 1. The summed E-state index contributed by atoms with van der Waals surface area (Å²) < 4.78 is 0.774. The lowest BCUT2D eigenvalue weighted by atomic mass is 10.3. The molecule has 76 valence electrons. The van der Waals surface area contributed by atoms with Crippen molar-refractivity contribution in [2.24, 2.45) is 4.99 Å². The molecule has 0 aliphatic heterocycles. The lowest BCUT2D eigenvalue weighted by molar-refractivity contribution is 1.39. The van der Waals surface area contributed by atoms with Gasteiger partial charge in [-0.3, -0.25) is 4.99 Å². The van der Waals surface area contributed by atoms with Crippen molar-refractivity contribution in [2.45, 2.75) is 4.90 Å². The fourth-order valence-electron chi connectivity index (χ4n) is 1.10. The molecule has 0 N–H and O–H groups in total. The quantitative estimate of drug-likeness (QED) is 0.600. The van der Waals surface area contributed by atoms with E-state index in [1.165, 1.54) is 11.3 Å². The first kappa shape index (κ1) is 10.7. The number of hydrogen-bond donors (Lipinski definition) is 1. The third kappa shape index (κ3) is 2.84. The van der Waals surface area contributed by atoms with E-state index in [4.69, 9.17) is 11.6 Å². The first-order valence-corrected chi connectivity index (χ1v) is 5.97. The predicted octanol–water partition coefficient (Wildman–Crippen LogP) is 4.44. The molecule has 2 aromatic rings. The molecular formula is C11H8ClNS2. The van der Waals surface area contributed by atoms with Crippen LogP contribution in [-0.2, 0) is 0 Å². The summed E-state index contributed by atoms with van der Waals surface area (Å²) in [4.78, 5) is 6.25. The average molecular weight is 254 g/mol. The molecule has 0 spiro atoms. The maximum absolute atomic E-state index is 5.82. The van der Waals surface area contributed by atoms with Crippen LogP contribution in [-0.4, -0.2) is 6.21 Å². The minimum Gasteiger partial charge on any atom is -0.254 e. The zero-order valence-electron chi connectivity index (χ0n) is 7.72. The average Bonchev–Trinajstić information content (AvgIpc) is 2.63. The van der Waals surface area contributed by atoms with Crippen molar-refractivity contribution in [2.75, 3.05) is 0 Å². The molecule has 1 heterocycles. The predicted molar refractivity (Wildman–Crippen MR) is 70.3 cm³/mol. The SMILES string of the molecule is Sc1ccccc1N=Cc1ccc(Cl)s1. The van der Waals surface area contributed by atoms with Gasteiger partial charge in [0.1, 0.15) is 0 Å². The highest BCUT2D eigenvalue weighted by atomic mass is 35.5. The molecule has 0 aliphatic carbocycles. The summed E-state index contributed by atoms with van der Waals surface area (Å²) in [6.45, 7) is 0. The standard InChI is InChI=1S/C11H8ClNS2/c12-11-6-5-8(15-11)7-13-9-3-1-2-4-10(9)14/h1-7,14H. The Balaban J connectivity index is 2.22. The Kier molecular flexibility index (Phi) is 3.46. The van der Waals surface area contributed by atoms with E-state index in [0.29, 0.717) is 0 Å². The summed E-state index contributed by atoms with van der Waals surface area (Å²) in [5.41, 5.74) is 0.866. The van der Waals surface area contributed by atoms with Crippen molar-refractivity contribution < 1.29 is 0 Å². The zero-order valence-corrected chi connectivity index (χ0v) is 10.2. The molecule has 4 heteroatoms. The minimum atomic E-state index is 0.774. The van der Waals surface area contributed by atoms with Crippen LogP contribution in [0.4, 0.5) is 5.69 Å². The number of aliphatic imine (C=N–C) groups is 1. The van der Waals surface area contributed by atoms with Gasteiger partial charge in [-0.25, -0.2) is 0 Å². The fourth-order valence-corrected chi connectivity index (χ4v) is 2.26. The van der Waals surface area contributed by atoms with Gasteiger partial charge in [0.05, 0.1) is 10.0 Å². The van der Waals surface area contributed by atoms with Gasteiger partial charge in [0, 0.05) is 16.0 Å². The highest BCUT2D eigenvalue weighted by Crippen LogP contribution is 2.24. The van der Waals surface area contributed by atoms with Crippen LogP contribution in [0.25, 0.3) is 0 Å². The summed E-state index contributed by atoms with van der Waals surface area (Å²) in [5, 5.41) is 0. The molecule has 0 bridgehead atoms. The monoisotopic (exact) mass is 253 g/mol. The molecule has 2 rings (SSSR count). The third-order valence-corrected chi connectivity index (χ3v) is 3.35. The van der Waals surface area contributed by atoms with Crippen LogP contribution in [0.5, 0.6) is 0 Å². The molecule has 0 aliphatic rings. The molecular weight excluding hydrogens is 246 g/mol. The van der Waals surface area contributed by atoms with Gasteiger partial charge in [0.2, 0.25) is 0 Å². The summed E-state index contributed by atoms with van der Waals surface area (Å²) in [7, 11) is 0. The fraction of sp³-hybridized carbons (Fsp3) is 0. The van der Waals surface area contributed by atoms with Gasteiger partial charge in [-0.1, -0.05) is 23.7 Å². The second-order valence-corrected chi connectivity index (χ2v) is 5.12. The molecule has 0 fully saturated rings. The number of nitrogens with zero attached hydrogens (tertiary/aromatic N) is 1. The Morgan fingerprint density at radius 3 is 2.67 bits per heavy atom. The van der Waals surface area contributed by atoms with Gasteiger partial charge in [0.15, 0.2) is 0 Å². The van der Waals surface area contributed by atoms with Crippen LogP contribution in [0.15, 0.2) is 46.3 Å². The van der Waals surface area contributed by atoms with Gasteiger partial charge in [-0.2, -0.15) is 0 Å². The van der Waals surface area contributed by atoms with Gasteiger partial charge in [-0.05, 0) is 24.3 Å². The van der Waals surface area contributed by atoms with E-state index < -0.39 is 0 Å². The normalized spacial score (nSPS) is 11.1. The summed E-state index contributed by atoms with van der Waals surface area (Å²) in [6, 6.07) is 11.5. The number of para-hydroxylation sites is 1. The Morgan fingerprint density at radius 1 is 1.20 bits per heavy atom. The Labute approximate surface area is 103 Å². The lowest BCUT2D eigenvalue weighted by Crippen LogP contribution is -1.73. The van der Waals surface area contributed by atoms with Gasteiger partial charge in [0.25, 0.3) is 0 Å². The van der Waals surface area contributed by atoms with E-state index in [1.54, 1.807) is 6.21 Å². The van der Waals surface area contributed by atoms with Crippen LogP contribution in [0.2, 0.25) is 4.34 Å². The molecule has 1 aromatic carbocycles. The van der Waals surface area contributed by atoms with E-state index >= 15 is 0 Å². The molecule has 0 amide bonds. The lowest BCUT2D eigenvalue weighted by Gasteiger charge is -1.95. The van der Waals surface area contributed by atoms with Crippen LogP contribution in [0.3, 0.4) is 0 Å². The molecule has 1 nitrogen and oxygen atoms in total. The smallest absolute Gasteiger partial charge is 0.0935 e. The van der Waals surface area contributed by atoms with E-state index in [9.17, 15) is 0 Å². The molecule has 15 heavy (non-hydrogen) atoms. The number of rotatable bonds is 2.